The Labute approximate surface area is 151 Å². The second-order valence-corrected chi connectivity index (χ2v) is 6.17. The fraction of sp³-hybridized carbons (Fsp3) is 0.200. The smallest absolute Gasteiger partial charge is 0.282 e. The zero-order valence-corrected chi connectivity index (χ0v) is 14.2. The number of nitrogens with zero attached hydrogens (tertiary/aromatic N) is 2. The number of carbonyl (C=O) groups is 2. The topological polar surface area (TPSA) is 61.9 Å². The van der Waals surface area contributed by atoms with Gasteiger partial charge in [-0.15, -0.1) is 0 Å². The fourth-order valence-corrected chi connectivity index (χ4v) is 3.09. The molecular weight excluding hydrogens is 330 g/mol. The van der Waals surface area contributed by atoms with E-state index >= 15 is 0 Å². The Hall–Kier alpha value is -3.12. The number of amides is 2. The maximum atomic E-state index is 12.6. The molecule has 0 spiro atoms. The molecule has 0 radical (unpaired) electrons. The van der Waals surface area contributed by atoms with Gasteiger partial charge in [0.2, 0.25) is 0 Å². The number of hydrogen-bond acceptors (Lipinski definition) is 4. The average molecular weight is 349 g/mol. The largest absolute Gasteiger partial charge is 0.378 e. The third kappa shape index (κ3) is 3.19. The molecule has 0 saturated carbocycles. The molecule has 2 heterocycles. The van der Waals surface area contributed by atoms with Gasteiger partial charge in [-0.2, -0.15) is 0 Å². The first-order chi connectivity index (χ1) is 12.7. The molecule has 26 heavy (non-hydrogen) atoms. The minimum atomic E-state index is -0.392. The molecule has 2 aliphatic heterocycles. The van der Waals surface area contributed by atoms with Gasteiger partial charge in [-0.3, -0.25) is 15.0 Å². The van der Waals surface area contributed by atoms with Gasteiger partial charge in [0.25, 0.3) is 11.8 Å². The number of rotatable bonds is 3. The van der Waals surface area contributed by atoms with Crippen molar-refractivity contribution in [1.82, 2.24) is 5.43 Å². The van der Waals surface area contributed by atoms with E-state index in [0.29, 0.717) is 5.69 Å². The SMILES string of the molecule is O=C1NN(c2ccccc2)C(=O)/C1=C\c1ccc(N2CCOCC2)cc1. The van der Waals surface area contributed by atoms with Gasteiger partial charge in [-0.25, -0.2) is 5.01 Å². The maximum absolute atomic E-state index is 12.6. The first-order valence-corrected chi connectivity index (χ1v) is 8.57. The van der Waals surface area contributed by atoms with Crippen LogP contribution in [0.15, 0.2) is 60.2 Å². The van der Waals surface area contributed by atoms with Gasteiger partial charge in [-0.1, -0.05) is 30.3 Å². The first-order valence-electron chi connectivity index (χ1n) is 8.57. The molecule has 132 valence electrons. The summed E-state index contributed by atoms with van der Waals surface area (Å²) in [5, 5.41) is 1.27. The summed E-state index contributed by atoms with van der Waals surface area (Å²) in [6.07, 6.45) is 1.63. The van der Waals surface area contributed by atoms with E-state index in [-0.39, 0.29) is 11.5 Å². The standard InChI is InChI=1S/C20H19N3O3/c24-19-18(20(25)23(21-19)17-4-2-1-3-5-17)14-15-6-8-16(9-7-15)22-10-12-26-13-11-22/h1-9,14H,10-13H2,(H,21,24)/b18-14-. The highest BCUT2D eigenvalue weighted by Gasteiger charge is 2.34. The number of morpholine rings is 1. The van der Waals surface area contributed by atoms with Crippen molar-refractivity contribution in [3.63, 3.8) is 0 Å². The quantitative estimate of drug-likeness (QED) is 0.680. The van der Waals surface area contributed by atoms with Crippen molar-refractivity contribution < 1.29 is 14.3 Å². The van der Waals surface area contributed by atoms with Crippen LogP contribution in [-0.2, 0) is 14.3 Å². The van der Waals surface area contributed by atoms with Crippen molar-refractivity contribution in [2.24, 2.45) is 0 Å². The normalized spacial score (nSPS) is 19.2. The molecule has 0 aliphatic carbocycles. The van der Waals surface area contributed by atoms with Crippen molar-refractivity contribution in [2.75, 3.05) is 36.2 Å². The zero-order chi connectivity index (χ0) is 17.9. The van der Waals surface area contributed by atoms with Crippen LogP contribution in [0.3, 0.4) is 0 Å². The molecule has 2 aromatic rings. The highest BCUT2D eigenvalue weighted by molar-refractivity contribution is 6.31. The van der Waals surface area contributed by atoms with E-state index in [1.165, 1.54) is 5.01 Å². The second kappa shape index (κ2) is 7.01. The van der Waals surface area contributed by atoms with Crippen LogP contribution in [0.25, 0.3) is 6.08 Å². The molecule has 1 N–H and O–H groups in total. The van der Waals surface area contributed by atoms with Crippen LogP contribution in [0.4, 0.5) is 11.4 Å². The third-order valence-corrected chi connectivity index (χ3v) is 4.49. The van der Waals surface area contributed by atoms with Crippen molar-refractivity contribution in [3.8, 4) is 0 Å². The molecule has 0 unspecified atom stereocenters. The zero-order valence-electron chi connectivity index (χ0n) is 14.2. The van der Waals surface area contributed by atoms with Crippen LogP contribution < -0.4 is 15.3 Å². The third-order valence-electron chi connectivity index (χ3n) is 4.49. The molecule has 0 atom stereocenters. The number of benzene rings is 2. The number of anilines is 2. The minimum Gasteiger partial charge on any atom is -0.378 e. The molecule has 2 aliphatic rings. The van der Waals surface area contributed by atoms with E-state index in [0.717, 1.165) is 37.6 Å². The second-order valence-electron chi connectivity index (χ2n) is 6.17. The van der Waals surface area contributed by atoms with Crippen LogP contribution in [0.5, 0.6) is 0 Å². The highest BCUT2D eigenvalue weighted by Crippen LogP contribution is 2.22. The summed E-state index contributed by atoms with van der Waals surface area (Å²) >= 11 is 0. The average Bonchev–Trinajstić information content (AvgIpc) is 2.98. The van der Waals surface area contributed by atoms with Crippen molar-refractivity contribution in [3.05, 3.63) is 65.7 Å². The maximum Gasteiger partial charge on any atom is 0.282 e. The fourth-order valence-electron chi connectivity index (χ4n) is 3.09. The Morgan fingerprint density at radius 3 is 2.27 bits per heavy atom. The van der Waals surface area contributed by atoms with E-state index in [2.05, 4.69) is 10.3 Å². The van der Waals surface area contributed by atoms with Gasteiger partial charge in [0.05, 0.1) is 18.9 Å². The summed E-state index contributed by atoms with van der Waals surface area (Å²) in [6, 6.07) is 16.9. The highest BCUT2D eigenvalue weighted by atomic mass is 16.5. The lowest BCUT2D eigenvalue weighted by Crippen LogP contribution is -2.36. The first kappa shape index (κ1) is 16.4. The van der Waals surface area contributed by atoms with Crippen LogP contribution in [0, 0.1) is 0 Å². The lowest BCUT2D eigenvalue weighted by Gasteiger charge is -2.28. The summed E-state index contributed by atoms with van der Waals surface area (Å²) in [5.74, 6) is -0.741. The molecule has 2 saturated heterocycles. The van der Waals surface area contributed by atoms with Crippen LogP contribution in [0.1, 0.15) is 5.56 Å². The van der Waals surface area contributed by atoms with Crippen molar-refractivity contribution in [2.45, 2.75) is 0 Å². The summed E-state index contributed by atoms with van der Waals surface area (Å²) in [5.41, 5.74) is 5.31. The van der Waals surface area contributed by atoms with Crippen molar-refractivity contribution in [1.29, 1.82) is 0 Å². The summed E-state index contributed by atoms with van der Waals surface area (Å²) < 4.78 is 5.37. The Bertz CT molecular complexity index is 840. The van der Waals surface area contributed by atoms with Crippen LogP contribution >= 0.6 is 0 Å². The molecule has 0 aromatic heterocycles. The number of ether oxygens (including phenoxy) is 1. The number of nitrogens with one attached hydrogen (secondary N) is 1. The lowest BCUT2D eigenvalue weighted by atomic mass is 10.1. The summed E-state index contributed by atoms with van der Waals surface area (Å²) in [4.78, 5) is 27.1. The van der Waals surface area contributed by atoms with Crippen LogP contribution in [-0.4, -0.2) is 38.1 Å². The van der Waals surface area contributed by atoms with Crippen molar-refractivity contribution >= 4 is 29.3 Å². The van der Waals surface area contributed by atoms with Crippen LogP contribution in [0.2, 0.25) is 0 Å². The number of para-hydroxylation sites is 1. The Morgan fingerprint density at radius 1 is 0.885 bits per heavy atom. The van der Waals surface area contributed by atoms with Gasteiger partial charge in [0, 0.05) is 18.8 Å². The predicted octanol–water partition coefficient (Wildman–Crippen LogP) is 1.98. The Morgan fingerprint density at radius 2 is 1.58 bits per heavy atom. The predicted molar refractivity (Wildman–Crippen MR) is 99.5 cm³/mol. The Kier molecular flexibility index (Phi) is 4.41. The van der Waals surface area contributed by atoms with Gasteiger partial charge in [-0.05, 0) is 35.9 Å². The molecule has 2 fully saturated rings. The van der Waals surface area contributed by atoms with E-state index in [9.17, 15) is 9.59 Å². The number of hydrogen-bond donors (Lipinski definition) is 1. The van der Waals surface area contributed by atoms with Gasteiger partial charge >= 0.3 is 0 Å². The molecule has 4 rings (SSSR count). The van der Waals surface area contributed by atoms with E-state index < -0.39 is 5.91 Å². The summed E-state index contributed by atoms with van der Waals surface area (Å²) in [7, 11) is 0. The molecule has 0 bridgehead atoms. The van der Waals surface area contributed by atoms with E-state index in [4.69, 9.17) is 4.74 Å². The molecular formula is C20H19N3O3. The summed E-state index contributed by atoms with van der Waals surface area (Å²) in [6.45, 7) is 3.20. The monoisotopic (exact) mass is 349 g/mol. The van der Waals surface area contributed by atoms with Gasteiger partial charge in [0.1, 0.15) is 5.57 Å². The lowest BCUT2D eigenvalue weighted by molar-refractivity contribution is -0.117. The minimum absolute atomic E-state index is 0.132. The number of hydrazine groups is 1. The van der Waals surface area contributed by atoms with Gasteiger partial charge < -0.3 is 9.64 Å². The molecule has 6 nitrogen and oxygen atoms in total. The molecule has 2 aromatic carbocycles. The van der Waals surface area contributed by atoms with E-state index in [1.807, 2.05) is 42.5 Å². The molecule has 6 heteroatoms. The van der Waals surface area contributed by atoms with E-state index in [1.54, 1.807) is 18.2 Å². The Balaban J connectivity index is 1.54. The molecule has 2 amide bonds. The number of carbonyl (C=O) groups excluding carboxylic acids is 2. The van der Waals surface area contributed by atoms with Gasteiger partial charge in [0.15, 0.2) is 0 Å².